The third-order valence-corrected chi connectivity index (χ3v) is 1.98. The zero-order valence-electron chi connectivity index (χ0n) is 8.58. The maximum Gasteiger partial charge on any atom is 0.414 e. The van der Waals surface area contributed by atoms with Crippen molar-refractivity contribution in [3.8, 4) is 0 Å². The van der Waals surface area contributed by atoms with Crippen LogP contribution in [0.1, 0.15) is 12.5 Å². The van der Waals surface area contributed by atoms with Crippen molar-refractivity contribution < 1.29 is 17.9 Å². The monoisotopic (exact) mass is 235 g/mol. The predicted octanol–water partition coefficient (Wildman–Crippen LogP) is 1.83. The average molecular weight is 235 g/mol. The summed E-state index contributed by atoms with van der Waals surface area (Å²) in [5.74, 6) is 5.46. The summed E-state index contributed by atoms with van der Waals surface area (Å²) >= 11 is 0. The molecule has 7 heteroatoms. The molecular formula is C9H12F3N3O. The number of nitrogens with zero attached hydrogens (tertiary/aromatic N) is 1. The molecule has 0 bridgehead atoms. The number of hydrazine groups is 1. The largest absolute Gasteiger partial charge is 0.414 e. The van der Waals surface area contributed by atoms with E-state index >= 15 is 0 Å². The Morgan fingerprint density at radius 3 is 2.81 bits per heavy atom. The number of hydrogen-bond donors (Lipinski definition) is 2. The molecule has 0 fully saturated rings. The van der Waals surface area contributed by atoms with Gasteiger partial charge in [0.15, 0.2) is 6.10 Å². The van der Waals surface area contributed by atoms with Crippen molar-refractivity contribution in [3.63, 3.8) is 0 Å². The second-order valence-electron chi connectivity index (χ2n) is 3.15. The van der Waals surface area contributed by atoms with Gasteiger partial charge in [0.25, 0.3) is 0 Å². The number of rotatable bonds is 4. The minimum Gasteiger partial charge on any atom is -0.364 e. The summed E-state index contributed by atoms with van der Waals surface area (Å²) < 4.78 is 41.1. The van der Waals surface area contributed by atoms with Gasteiger partial charge in [-0.2, -0.15) is 13.2 Å². The number of nitrogen functional groups attached to an aromatic ring is 1. The van der Waals surface area contributed by atoms with Gasteiger partial charge in [0.2, 0.25) is 0 Å². The Morgan fingerprint density at radius 2 is 2.25 bits per heavy atom. The third kappa shape index (κ3) is 3.35. The molecule has 1 atom stereocenters. The van der Waals surface area contributed by atoms with Gasteiger partial charge in [-0.15, -0.1) is 0 Å². The first-order chi connectivity index (χ1) is 7.45. The Bertz CT molecular complexity index is 343. The highest BCUT2D eigenvalue weighted by molar-refractivity contribution is 5.41. The molecule has 0 aliphatic heterocycles. The van der Waals surface area contributed by atoms with Crippen LogP contribution in [0, 0.1) is 0 Å². The van der Waals surface area contributed by atoms with Gasteiger partial charge in [-0.1, -0.05) is 6.07 Å². The van der Waals surface area contributed by atoms with E-state index < -0.39 is 12.3 Å². The van der Waals surface area contributed by atoms with Gasteiger partial charge >= 0.3 is 6.18 Å². The van der Waals surface area contributed by atoms with Crippen LogP contribution in [0.3, 0.4) is 0 Å². The molecule has 0 aliphatic rings. The molecular weight excluding hydrogens is 223 g/mol. The van der Waals surface area contributed by atoms with E-state index in [4.69, 9.17) is 5.84 Å². The van der Waals surface area contributed by atoms with Crippen LogP contribution in [-0.2, 0) is 11.3 Å². The number of aromatic nitrogens is 1. The first-order valence-corrected chi connectivity index (χ1v) is 4.54. The minimum atomic E-state index is -4.36. The summed E-state index contributed by atoms with van der Waals surface area (Å²) in [6, 6.07) is 3.18. The molecule has 90 valence electrons. The van der Waals surface area contributed by atoms with Crippen LogP contribution in [-0.4, -0.2) is 17.3 Å². The van der Waals surface area contributed by atoms with Crippen LogP contribution >= 0.6 is 0 Å². The van der Waals surface area contributed by atoms with Crippen molar-refractivity contribution in [1.29, 1.82) is 0 Å². The summed E-state index contributed by atoms with van der Waals surface area (Å²) in [6.45, 7) is 0.750. The fraction of sp³-hybridized carbons (Fsp3) is 0.444. The average Bonchev–Trinajstić information content (AvgIpc) is 2.24. The smallest absolute Gasteiger partial charge is 0.364 e. The molecule has 1 aromatic rings. The summed E-state index contributed by atoms with van der Waals surface area (Å²) in [7, 11) is 0. The lowest BCUT2D eigenvalue weighted by atomic mass is 10.2. The standard InChI is InChI=1S/C9H12F3N3O/c1-6(9(10,11)12)16-5-7-3-2-4-14-8(7)15-13/h2-4,6H,5,13H2,1H3,(H,14,15). The summed E-state index contributed by atoms with van der Waals surface area (Å²) in [5.41, 5.74) is 2.76. The van der Waals surface area contributed by atoms with E-state index in [0.29, 0.717) is 11.4 Å². The van der Waals surface area contributed by atoms with Gasteiger partial charge < -0.3 is 10.2 Å². The van der Waals surface area contributed by atoms with Crippen molar-refractivity contribution in [3.05, 3.63) is 23.9 Å². The quantitative estimate of drug-likeness (QED) is 0.617. The van der Waals surface area contributed by atoms with Crippen molar-refractivity contribution in [2.24, 2.45) is 5.84 Å². The highest BCUT2D eigenvalue weighted by Crippen LogP contribution is 2.24. The highest BCUT2D eigenvalue weighted by atomic mass is 19.4. The molecule has 0 aromatic carbocycles. The zero-order valence-corrected chi connectivity index (χ0v) is 8.58. The molecule has 0 aliphatic carbocycles. The molecule has 0 saturated heterocycles. The summed E-state index contributed by atoms with van der Waals surface area (Å²) in [4.78, 5) is 3.84. The molecule has 1 rings (SSSR count). The second-order valence-corrected chi connectivity index (χ2v) is 3.15. The Labute approximate surface area is 90.6 Å². The SMILES string of the molecule is CC(OCc1cccnc1NN)C(F)(F)F. The Balaban J connectivity index is 2.61. The number of nitrogens with one attached hydrogen (secondary N) is 1. The van der Waals surface area contributed by atoms with Gasteiger partial charge in [-0.25, -0.2) is 10.8 Å². The maximum atomic E-state index is 12.2. The van der Waals surface area contributed by atoms with Crippen LogP contribution in [0.25, 0.3) is 0 Å². The van der Waals surface area contributed by atoms with E-state index in [1.165, 1.54) is 6.20 Å². The molecule has 1 unspecified atom stereocenters. The molecule has 0 amide bonds. The molecule has 1 aromatic heterocycles. The predicted molar refractivity (Wildman–Crippen MR) is 52.4 cm³/mol. The zero-order chi connectivity index (χ0) is 12.2. The Hall–Kier alpha value is -1.34. The van der Waals surface area contributed by atoms with Crippen LogP contribution < -0.4 is 11.3 Å². The van der Waals surface area contributed by atoms with Crippen LogP contribution in [0.4, 0.5) is 19.0 Å². The lowest BCUT2D eigenvalue weighted by molar-refractivity contribution is -0.217. The van der Waals surface area contributed by atoms with Crippen molar-refractivity contribution in [1.82, 2.24) is 4.98 Å². The Kier molecular flexibility index (Phi) is 4.08. The normalized spacial score (nSPS) is 13.6. The number of ether oxygens (including phenoxy) is 1. The molecule has 4 nitrogen and oxygen atoms in total. The van der Waals surface area contributed by atoms with Crippen molar-refractivity contribution in [2.75, 3.05) is 5.43 Å². The highest BCUT2D eigenvalue weighted by Gasteiger charge is 2.36. The van der Waals surface area contributed by atoms with Gasteiger partial charge in [0.05, 0.1) is 6.61 Å². The van der Waals surface area contributed by atoms with E-state index in [1.54, 1.807) is 12.1 Å². The third-order valence-electron chi connectivity index (χ3n) is 1.98. The lowest BCUT2D eigenvalue weighted by Crippen LogP contribution is -2.28. The molecule has 3 N–H and O–H groups in total. The second kappa shape index (κ2) is 5.13. The van der Waals surface area contributed by atoms with Crippen molar-refractivity contribution >= 4 is 5.82 Å². The first kappa shape index (κ1) is 12.7. The number of pyridine rings is 1. The lowest BCUT2D eigenvalue weighted by Gasteiger charge is -2.17. The first-order valence-electron chi connectivity index (χ1n) is 4.54. The van der Waals surface area contributed by atoms with E-state index in [0.717, 1.165) is 6.92 Å². The van der Waals surface area contributed by atoms with E-state index in [-0.39, 0.29) is 6.61 Å². The summed E-state index contributed by atoms with van der Waals surface area (Å²) in [6.07, 6.45) is -4.71. The number of alkyl halides is 3. The van der Waals surface area contributed by atoms with Crippen LogP contribution in [0.15, 0.2) is 18.3 Å². The molecule has 0 spiro atoms. The van der Waals surface area contributed by atoms with Gasteiger partial charge in [0, 0.05) is 11.8 Å². The minimum absolute atomic E-state index is 0.200. The molecule has 0 radical (unpaired) electrons. The number of anilines is 1. The fourth-order valence-corrected chi connectivity index (χ4v) is 0.994. The van der Waals surface area contributed by atoms with Gasteiger partial charge in [-0.05, 0) is 13.0 Å². The van der Waals surface area contributed by atoms with Crippen LogP contribution in [0.5, 0.6) is 0 Å². The van der Waals surface area contributed by atoms with Crippen molar-refractivity contribution in [2.45, 2.75) is 25.8 Å². The van der Waals surface area contributed by atoms with Crippen LogP contribution in [0.2, 0.25) is 0 Å². The van der Waals surface area contributed by atoms with Gasteiger partial charge in [-0.3, -0.25) is 0 Å². The van der Waals surface area contributed by atoms with E-state index in [9.17, 15) is 13.2 Å². The number of nitrogens with two attached hydrogens (primary N) is 1. The number of hydrogen-bond acceptors (Lipinski definition) is 4. The topological polar surface area (TPSA) is 60.2 Å². The van der Waals surface area contributed by atoms with E-state index in [2.05, 4.69) is 15.1 Å². The fourth-order valence-electron chi connectivity index (χ4n) is 0.994. The van der Waals surface area contributed by atoms with E-state index in [1.807, 2.05) is 0 Å². The molecule has 1 heterocycles. The van der Waals surface area contributed by atoms with Gasteiger partial charge in [0.1, 0.15) is 5.82 Å². The number of halogens is 3. The maximum absolute atomic E-state index is 12.2. The molecule has 16 heavy (non-hydrogen) atoms. The molecule has 0 saturated carbocycles. The Morgan fingerprint density at radius 1 is 1.56 bits per heavy atom. The summed E-state index contributed by atoms with van der Waals surface area (Å²) in [5, 5.41) is 0.